The molecule has 0 aliphatic heterocycles. The number of benzene rings is 1. The molecule has 19 heavy (non-hydrogen) atoms. The van der Waals surface area contributed by atoms with Crippen molar-refractivity contribution in [1.82, 2.24) is 0 Å². The molecule has 0 radical (unpaired) electrons. The predicted octanol–water partition coefficient (Wildman–Crippen LogP) is 5.49. The summed E-state index contributed by atoms with van der Waals surface area (Å²) in [6, 6.07) is 6.48. The molecule has 1 aromatic rings. The smallest absolute Gasteiger partial charge is 0.119 e. The van der Waals surface area contributed by atoms with E-state index in [2.05, 4.69) is 65.0 Å². The van der Waals surface area contributed by atoms with Crippen LogP contribution in [0, 0.1) is 12.8 Å². The Bertz CT molecular complexity index is 404. The summed E-state index contributed by atoms with van der Waals surface area (Å²) in [5.74, 6) is 2.13. The second-order valence-corrected chi connectivity index (χ2v) is 5.74. The average molecular weight is 260 g/mol. The highest BCUT2D eigenvalue weighted by molar-refractivity contribution is 5.37. The van der Waals surface area contributed by atoms with Crippen LogP contribution in [0.2, 0.25) is 0 Å². The SMILES string of the molecule is CC/C=C\CC(C)c1ccc(OCC(C)C)cc1C. The van der Waals surface area contributed by atoms with Gasteiger partial charge in [-0.1, -0.05) is 45.9 Å². The molecule has 0 bridgehead atoms. The second kappa shape index (κ2) is 8.04. The minimum absolute atomic E-state index is 0.568. The van der Waals surface area contributed by atoms with Gasteiger partial charge in [0, 0.05) is 0 Å². The van der Waals surface area contributed by atoms with Crippen LogP contribution in [-0.2, 0) is 0 Å². The van der Waals surface area contributed by atoms with Gasteiger partial charge < -0.3 is 4.74 Å². The maximum absolute atomic E-state index is 5.77. The minimum atomic E-state index is 0.568. The van der Waals surface area contributed by atoms with Gasteiger partial charge in [0.05, 0.1) is 6.61 Å². The Morgan fingerprint density at radius 1 is 1.16 bits per heavy atom. The summed E-state index contributed by atoms with van der Waals surface area (Å²) in [5, 5.41) is 0. The zero-order valence-corrected chi connectivity index (χ0v) is 13.1. The number of hydrogen-bond acceptors (Lipinski definition) is 1. The van der Waals surface area contributed by atoms with Crippen molar-refractivity contribution >= 4 is 0 Å². The molecule has 1 heteroatoms. The third kappa shape index (κ3) is 5.50. The lowest BCUT2D eigenvalue weighted by Crippen LogP contribution is -2.05. The summed E-state index contributed by atoms with van der Waals surface area (Å²) in [5.41, 5.74) is 2.76. The first-order chi connectivity index (χ1) is 9.04. The van der Waals surface area contributed by atoms with E-state index in [-0.39, 0.29) is 0 Å². The molecule has 0 saturated heterocycles. The van der Waals surface area contributed by atoms with E-state index in [1.807, 2.05) is 0 Å². The molecule has 0 N–H and O–H groups in total. The monoisotopic (exact) mass is 260 g/mol. The first kappa shape index (κ1) is 15.8. The summed E-state index contributed by atoms with van der Waals surface area (Å²) in [6.07, 6.45) is 6.76. The molecule has 0 aliphatic carbocycles. The summed E-state index contributed by atoms with van der Waals surface area (Å²) in [7, 11) is 0. The molecule has 0 fully saturated rings. The van der Waals surface area contributed by atoms with Gasteiger partial charge >= 0.3 is 0 Å². The number of hydrogen-bond donors (Lipinski definition) is 0. The van der Waals surface area contributed by atoms with E-state index >= 15 is 0 Å². The van der Waals surface area contributed by atoms with E-state index in [9.17, 15) is 0 Å². The molecule has 0 spiro atoms. The molecule has 0 saturated carbocycles. The minimum Gasteiger partial charge on any atom is -0.493 e. The normalized spacial score (nSPS) is 13.2. The van der Waals surface area contributed by atoms with Crippen molar-refractivity contribution in [3.63, 3.8) is 0 Å². The maximum Gasteiger partial charge on any atom is 0.119 e. The van der Waals surface area contributed by atoms with Crippen LogP contribution in [0.1, 0.15) is 57.6 Å². The Morgan fingerprint density at radius 3 is 2.47 bits per heavy atom. The molecule has 0 amide bonds. The highest BCUT2D eigenvalue weighted by Crippen LogP contribution is 2.26. The number of aryl methyl sites for hydroxylation is 1. The van der Waals surface area contributed by atoms with Crippen molar-refractivity contribution in [2.24, 2.45) is 5.92 Å². The summed E-state index contributed by atoms with van der Waals surface area (Å²) in [4.78, 5) is 0. The van der Waals surface area contributed by atoms with Gasteiger partial charge in [-0.05, 0) is 54.9 Å². The fourth-order valence-electron chi connectivity index (χ4n) is 2.15. The van der Waals surface area contributed by atoms with Gasteiger partial charge in [-0.2, -0.15) is 0 Å². The standard InChI is InChI=1S/C18H28O/c1-6-7-8-9-15(4)18-11-10-17(12-16(18)5)19-13-14(2)3/h7-8,10-12,14-15H,6,9,13H2,1-5H3/b8-7-. The zero-order valence-electron chi connectivity index (χ0n) is 13.1. The Kier molecular flexibility index (Phi) is 6.69. The van der Waals surface area contributed by atoms with Gasteiger partial charge in [-0.25, -0.2) is 0 Å². The third-order valence-electron chi connectivity index (χ3n) is 3.25. The lowest BCUT2D eigenvalue weighted by Gasteiger charge is -2.15. The van der Waals surface area contributed by atoms with Crippen molar-refractivity contribution in [3.8, 4) is 5.75 Å². The summed E-state index contributed by atoms with van der Waals surface area (Å²) >= 11 is 0. The molecule has 106 valence electrons. The Hall–Kier alpha value is -1.24. The highest BCUT2D eigenvalue weighted by atomic mass is 16.5. The second-order valence-electron chi connectivity index (χ2n) is 5.74. The maximum atomic E-state index is 5.77. The molecule has 1 unspecified atom stereocenters. The molecule has 1 aromatic carbocycles. The molecule has 1 rings (SSSR count). The van der Waals surface area contributed by atoms with Crippen LogP contribution in [0.3, 0.4) is 0 Å². The zero-order chi connectivity index (χ0) is 14.3. The van der Waals surface area contributed by atoms with Gasteiger partial charge in [0.15, 0.2) is 0 Å². The Balaban J connectivity index is 2.68. The van der Waals surface area contributed by atoms with Crippen molar-refractivity contribution in [3.05, 3.63) is 41.5 Å². The summed E-state index contributed by atoms with van der Waals surface area (Å²) < 4.78 is 5.77. The average Bonchev–Trinajstić information content (AvgIpc) is 2.36. The van der Waals surface area contributed by atoms with E-state index < -0.39 is 0 Å². The fourth-order valence-corrected chi connectivity index (χ4v) is 2.15. The topological polar surface area (TPSA) is 9.23 Å². The van der Waals surface area contributed by atoms with Crippen LogP contribution < -0.4 is 4.74 Å². The van der Waals surface area contributed by atoms with Gasteiger partial charge in [0.2, 0.25) is 0 Å². The van der Waals surface area contributed by atoms with Crippen LogP contribution in [0.15, 0.2) is 30.4 Å². The summed E-state index contributed by atoms with van der Waals surface area (Å²) in [6.45, 7) is 11.8. The Labute approximate surface area is 118 Å². The molecule has 0 heterocycles. The fraction of sp³-hybridized carbons (Fsp3) is 0.556. The molecule has 0 aromatic heterocycles. The van der Waals surface area contributed by atoms with Crippen molar-refractivity contribution in [2.45, 2.75) is 53.4 Å². The van der Waals surface area contributed by atoms with Crippen molar-refractivity contribution in [2.75, 3.05) is 6.61 Å². The van der Waals surface area contributed by atoms with Crippen LogP contribution in [0.4, 0.5) is 0 Å². The van der Waals surface area contributed by atoms with E-state index in [0.717, 1.165) is 25.2 Å². The lowest BCUT2D eigenvalue weighted by atomic mass is 9.93. The lowest BCUT2D eigenvalue weighted by molar-refractivity contribution is 0.271. The van der Waals surface area contributed by atoms with Crippen LogP contribution >= 0.6 is 0 Å². The van der Waals surface area contributed by atoms with Crippen LogP contribution in [-0.4, -0.2) is 6.61 Å². The predicted molar refractivity (Wildman–Crippen MR) is 84.0 cm³/mol. The number of ether oxygens (including phenoxy) is 1. The van der Waals surface area contributed by atoms with E-state index in [0.29, 0.717) is 11.8 Å². The van der Waals surface area contributed by atoms with Gasteiger partial charge in [0.25, 0.3) is 0 Å². The van der Waals surface area contributed by atoms with Crippen LogP contribution in [0.5, 0.6) is 5.75 Å². The molecule has 1 atom stereocenters. The largest absolute Gasteiger partial charge is 0.493 e. The van der Waals surface area contributed by atoms with Crippen molar-refractivity contribution < 1.29 is 4.74 Å². The number of allylic oxidation sites excluding steroid dienone is 2. The van der Waals surface area contributed by atoms with Crippen molar-refractivity contribution in [1.29, 1.82) is 0 Å². The highest BCUT2D eigenvalue weighted by Gasteiger charge is 2.08. The van der Waals surface area contributed by atoms with Gasteiger partial charge in [0.1, 0.15) is 5.75 Å². The quantitative estimate of drug-likeness (QED) is 0.589. The molecule has 0 aliphatic rings. The van der Waals surface area contributed by atoms with Gasteiger partial charge in [-0.15, -0.1) is 0 Å². The van der Waals surface area contributed by atoms with E-state index in [1.165, 1.54) is 11.1 Å². The third-order valence-corrected chi connectivity index (χ3v) is 3.25. The molecular formula is C18H28O. The first-order valence-corrected chi connectivity index (χ1v) is 7.42. The molecular weight excluding hydrogens is 232 g/mol. The van der Waals surface area contributed by atoms with E-state index in [4.69, 9.17) is 4.74 Å². The Morgan fingerprint density at radius 2 is 1.89 bits per heavy atom. The molecule has 1 nitrogen and oxygen atoms in total. The van der Waals surface area contributed by atoms with Gasteiger partial charge in [-0.3, -0.25) is 0 Å². The first-order valence-electron chi connectivity index (χ1n) is 7.42. The van der Waals surface area contributed by atoms with Crippen LogP contribution in [0.25, 0.3) is 0 Å². The van der Waals surface area contributed by atoms with E-state index in [1.54, 1.807) is 0 Å². The number of rotatable bonds is 7.